The lowest BCUT2D eigenvalue weighted by Crippen LogP contribution is -2.42. The van der Waals surface area contributed by atoms with Gasteiger partial charge in [0.1, 0.15) is 5.84 Å². The van der Waals surface area contributed by atoms with Crippen molar-refractivity contribution < 1.29 is 0 Å². The minimum absolute atomic E-state index is 0.206. The molecule has 1 aliphatic heterocycles. The first-order valence-electron chi connectivity index (χ1n) is 4.33. The summed E-state index contributed by atoms with van der Waals surface area (Å²) in [7, 11) is 0. The van der Waals surface area contributed by atoms with E-state index < -0.39 is 0 Å². The first-order chi connectivity index (χ1) is 5.25. The summed E-state index contributed by atoms with van der Waals surface area (Å²) in [6.45, 7) is 4.33. The SMILES string of the molecule is CCC(C(=N)N)N1CCCC1. The second-order valence-electron chi connectivity index (χ2n) is 3.12. The van der Waals surface area contributed by atoms with E-state index in [4.69, 9.17) is 11.1 Å². The summed E-state index contributed by atoms with van der Waals surface area (Å²) in [5.74, 6) is 0.328. The molecule has 0 bridgehead atoms. The fourth-order valence-corrected chi connectivity index (χ4v) is 1.73. The molecule has 1 rings (SSSR count). The molecule has 0 amide bonds. The van der Waals surface area contributed by atoms with Gasteiger partial charge in [0.05, 0.1) is 6.04 Å². The molecular weight excluding hydrogens is 138 g/mol. The van der Waals surface area contributed by atoms with Crippen LogP contribution >= 0.6 is 0 Å². The van der Waals surface area contributed by atoms with Crippen molar-refractivity contribution in [2.24, 2.45) is 5.73 Å². The van der Waals surface area contributed by atoms with Crippen LogP contribution in [-0.4, -0.2) is 29.9 Å². The summed E-state index contributed by atoms with van der Waals surface area (Å²) < 4.78 is 0. The van der Waals surface area contributed by atoms with Crippen molar-refractivity contribution in [3.05, 3.63) is 0 Å². The average Bonchev–Trinajstić information content (AvgIpc) is 2.40. The molecule has 0 aromatic heterocycles. The van der Waals surface area contributed by atoms with Crippen LogP contribution in [0.3, 0.4) is 0 Å². The lowest BCUT2D eigenvalue weighted by atomic mass is 10.2. The van der Waals surface area contributed by atoms with Gasteiger partial charge in [-0.3, -0.25) is 10.3 Å². The Bertz CT molecular complexity index is 138. The lowest BCUT2D eigenvalue weighted by Gasteiger charge is -2.24. The van der Waals surface area contributed by atoms with Crippen molar-refractivity contribution in [3.63, 3.8) is 0 Å². The standard InChI is InChI=1S/C8H17N3/c1-2-7(8(9)10)11-5-3-4-6-11/h7H,2-6H2,1H3,(H3,9,10). The van der Waals surface area contributed by atoms with E-state index in [1.807, 2.05) is 0 Å². The number of amidine groups is 1. The summed E-state index contributed by atoms with van der Waals surface area (Å²) in [5.41, 5.74) is 5.47. The topological polar surface area (TPSA) is 53.1 Å². The van der Waals surface area contributed by atoms with Gasteiger partial charge in [0.25, 0.3) is 0 Å². The summed E-state index contributed by atoms with van der Waals surface area (Å²) in [4.78, 5) is 2.31. The van der Waals surface area contributed by atoms with Crippen molar-refractivity contribution in [1.29, 1.82) is 5.41 Å². The summed E-state index contributed by atoms with van der Waals surface area (Å²) in [6, 6.07) is 0.206. The van der Waals surface area contributed by atoms with Crippen LogP contribution in [0.25, 0.3) is 0 Å². The molecule has 0 aromatic rings. The van der Waals surface area contributed by atoms with Gasteiger partial charge in [0.2, 0.25) is 0 Å². The lowest BCUT2D eigenvalue weighted by molar-refractivity contribution is 0.291. The molecule has 3 N–H and O–H groups in total. The quantitative estimate of drug-likeness (QED) is 0.468. The first-order valence-corrected chi connectivity index (χ1v) is 4.33. The predicted octanol–water partition coefficient (Wildman–Crippen LogP) is 0.797. The molecule has 11 heavy (non-hydrogen) atoms. The average molecular weight is 155 g/mol. The van der Waals surface area contributed by atoms with Crippen molar-refractivity contribution in [2.45, 2.75) is 32.2 Å². The Labute approximate surface area is 68.1 Å². The van der Waals surface area contributed by atoms with Crippen molar-refractivity contribution in [3.8, 4) is 0 Å². The number of hydrogen-bond acceptors (Lipinski definition) is 2. The van der Waals surface area contributed by atoms with Gasteiger partial charge in [-0.15, -0.1) is 0 Å². The third-order valence-electron chi connectivity index (χ3n) is 2.33. The third kappa shape index (κ3) is 1.93. The van der Waals surface area contributed by atoms with Crippen molar-refractivity contribution in [2.75, 3.05) is 13.1 Å². The fraction of sp³-hybridized carbons (Fsp3) is 0.875. The highest BCUT2D eigenvalue weighted by molar-refractivity contribution is 5.82. The number of likely N-dealkylation sites (tertiary alicyclic amines) is 1. The van der Waals surface area contributed by atoms with Gasteiger partial charge in [0, 0.05) is 0 Å². The Kier molecular flexibility index (Phi) is 2.88. The largest absolute Gasteiger partial charge is 0.386 e. The Hall–Kier alpha value is -0.570. The van der Waals surface area contributed by atoms with E-state index in [0.29, 0.717) is 5.84 Å². The number of nitrogens with zero attached hydrogens (tertiary/aromatic N) is 1. The molecule has 0 spiro atoms. The molecule has 1 fully saturated rings. The molecule has 3 heteroatoms. The van der Waals surface area contributed by atoms with Crippen LogP contribution in [0.15, 0.2) is 0 Å². The van der Waals surface area contributed by atoms with E-state index in [2.05, 4.69) is 11.8 Å². The molecule has 0 aromatic carbocycles. The van der Waals surface area contributed by atoms with Gasteiger partial charge in [0.15, 0.2) is 0 Å². The Morgan fingerprint density at radius 3 is 2.45 bits per heavy atom. The zero-order chi connectivity index (χ0) is 8.27. The van der Waals surface area contributed by atoms with Gasteiger partial charge in [-0.25, -0.2) is 0 Å². The van der Waals surface area contributed by atoms with Gasteiger partial charge >= 0.3 is 0 Å². The Balaban J connectivity index is 2.46. The first kappa shape index (κ1) is 8.53. The van der Waals surface area contributed by atoms with E-state index in [9.17, 15) is 0 Å². The second-order valence-corrected chi connectivity index (χ2v) is 3.12. The Morgan fingerprint density at radius 1 is 1.55 bits per heavy atom. The smallest absolute Gasteiger partial charge is 0.108 e. The van der Waals surface area contributed by atoms with Gasteiger partial charge in [-0.05, 0) is 32.4 Å². The monoisotopic (exact) mass is 155 g/mol. The van der Waals surface area contributed by atoms with Crippen molar-refractivity contribution >= 4 is 5.84 Å². The zero-order valence-corrected chi connectivity index (χ0v) is 7.14. The summed E-state index contributed by atoms with van der Waals surface area (Å²) >= 11 is 0. The van der Waals surface area contributed by atoms with E-state index in [0.717, 1.165) is 19.5 Å². The minimum atomic E-state index is 0.206. The fourth-order valence-electron chi connectivity index (χ4n) is 1.73. The molecule has 64 valence electrons. The number of rotatable bonds is 3. The molecule has 1 heterocycles. The van der Waals surface area contributed by atoms with Crippen LogP contribution in [0.4, 0.5) is 0 Å². The molecular formula is C8H17N3. The van der Waals surface area contributed by atoms with E-state index in [1.165, 1.54) is 12.8 Å². The van der Waals surface area contributed by atoms with E-state index in [-0.39, 0.29) is 6.04 Å². The maximum Gasteiger partial charge on any atom is 0.108 e. The molecule has 0 saturated carbocycles. The molecule has 0 aliphatic carbocycles. The molecule has 0 radical (unpaired) electrons. The van der Waals surface area contributed by atoms with Crippen LogP contribution in [-0.2, 0) is 0 Å². The molecule has 1 unspecified atom stereocenters. The van der Waals surface area contributed by atoms with Gasteiger partial charge in [-0.1, -0.05) is 6.92 Å². The zero-order valence-electron chi connectivity index (χ0n) is 7.14. The summed E-state index contributed by atoms with van der Waals surface area (Å²) in [5, 5.41) is 7.35. The van der Waals surface area contributed by atoms with Crippen LogP contribution in [0.5, 0.6) is 0 Å². The molecule has 1 aliphatic rings. The van der Waals surface area contributed by atoms with Crippen molar-refractivity contribution in [1.82, 2.24) is 4.90 Å². The minimum Gasteiger partial charge on any atom is -0.386 e. The third-order valence-corrected chi connectivity index (χ3v) is 2.33. The van der Waals surface area contributed by atoms with E-state index in [1.54, 1.807) is 0 Å². The Morgan fingerprint density at radius 2 is 2.09 bits per heavy atom. The summed E-state index contributed by atoms with van der Waals surface area (Å²) in [6.07, 6.45) is 3.50. The maximum atomic E-state index is 7.35. The van der Waals surface area contributed by atoms with Crippen LogP contribution in [0, 0.1) is 5.41 Å². The highest BCUT2D eigenvalue weighted by atomic mass is 15.2. The highest BCUT2D eigenvalue weighted by Gasteiger charge is 2.21. The normalized spacial score (nSPS) is 21.9. The highest BCUT2D eigenvalue weighted by Crippen LogP contribution is 2.13. The molecule has 3 nitrogen and oxygen atoms in total. The predicted molar refractivity (Wildman–Crippen MR) is 46.8 cm³/mol. The molecule has 1 atom stereocenters. The van der Waals surface area contributed by atoms with Crippen LogP contribution in [0.1, 0.15) is 26.2 Å². The van der Waals surface area contributed by atoms with Gasteiger partial charge in [-0.2, -0.15) is 0 Å². The number of hydrogen-bond donors (Lipinski definition) is 2. The van der Waals surface area contributed by atoms with Gasteiger partial charge < -0.3 is 5.73 Å². The van der Waals surface area contributed by atoms with Crippen LogP contribution < -0.4 is 5.73 Å². The number of nitrogens with one attached hydrogen (secondary N) is 1. The van der Waals surface area contributed by atoms with E-state index >= 15 is 0 Å². The van der Waals surface area contributed by atoms with Crippen LogP contribution in [0.2, 0.25) is 0 Å². The maximum absolute atomic E-state index is 7.35. The molecule has 1 saturated heterocycles. The number of nitrogens with two attached hydrogens (primary N) is 1. The second kappa shape index (κ2) is 3.72.